The molecule has 0 amide bonds. The van der Waals surface area contributed by atoms with Gasteiger partial charge in [-0.1, -0.05) is 18.6 Å². The lowest BCUT2D eigenvalue weighted by molar-refractivity contribution is -0.164. The monoisotopic (exact) mass is 394 g/mol. The van der Waals surface area contributed by atoms with E-state index in [4.69, 9.17) is 0 Å². The Morgan fingerprint density at radius 2 is 1.81 bits per heavy atom. The van der Waals surface area contributed by atoms with Gasteiger partial charge in [0.25, 0.3) is 0 Å². The molecule has 0 spiro atoms. The van der Waals surface area contributed by atoms with Crippen molar-refractivity contribution in [3.63, 3.8) is 0 Å². The van der Waals surface area contributed by atoms with Gasteiger partial charge in [-0.25, -0.2) is 4.39 Å². The van der Waals surface area contributed by atoms with E-state index in [2.05, 4.69) is 19.4 Å². The number of ketones is 2. The van der Waals surface area contributed by atoms with Crippen LogP contribution in [0.3, 0.4) is 0 Å². The van der Waals surface area contributed by atoms with E-state index in [0.717, 1.165) is 18.4 Å². The maximum atomic E-state index is 16.8. The van der Waals surface area contributed by atoms with Crippen LogP contribution >= 0.6 is 23.5 Å². The topological polar surface area (TPSA) is 34.1 Å². The first-order valence-electron chi connectivity index (χ1n) is 9.45. The van der Waals surface area contributed by atoms with Gasteiger partial charge in [-0.3, -0.25) is 9.59 Å². The Morgan fingerprint density at radius 3 is 2.46 bits per heavy atom. The van der Waals surface area contributed by atoms with Crippen molar-refractivity contribution < 1.29 is 14.0 Å². The molecular weight excluding hydrogens is 367 g/mol. The van der Waals surface area contributed by atoms with E-state index in [9.17, 15) is 9.59 Å². The first-order chi connectivity index (χ1) is 12.2. The maximum absolute atomic E-state index is 16.8. The van der Waals surface area contributed by atoms with E-state index in [0.29, 0.717) is 19.3 Å². The molecule has 4 aliphatic rings. The molecule has 3 saturated carbocycles. The average Bonchev–Trinajstić information content (AvgIpc) is 2.89. The molecule has 0 aromatic heterocycles. The first-order valence-corrected chi connectivity index (χ1v) is 11.9. The van der Waals surface area contributed by atoms with Crippen LogP contribution in [0.4, 0.5) is 4.39 Å². The summed E-state index contributed by atoms with van der Waals surface area (Å²) in [5, 5.41) is 0. The molecule has 4 rings (SSSR count). The molecule has 4 aliphatic carbocycles. The second kappa shape index (κ2) is 5.73. The summed E-state index contributed by atoms with van der Waals surface area (Å²) < 4.78 is 16.7. The number of hydrogen-bond donors (Lipinski definition) is 0. The third-order valence-corrected chi connectivity index (χ3v) is 11.8. The fourth-order valence-corrected chi connectivity index (χ4v) is 9.33. The van der Waals surface area contributed by atoms with E-state index in [1.807, 2.05) is 30.4 Å². The number of alkyl halides is 1. The number of carbonyl (C=O) groups is 2. The lowest BCUT2D eigenvalue weighted by atomic mass is 9.46. The molecular formula is C21H27FO2S2. The lowest BCUT2D eigenvalue weighted by Crippen LogP contribution is -2.66. The molecule has 142 valence electrons. The summed E-state index contributed by atoms with van der Waals surface area (Å²) in [6, 6.07) is 0. The van der Waals surface area contributed by atoms with Gasteiger partial charge >= 0.3 is 0 Å². The predicted octanol–water partition coefficient (Wildman–Crippen LogP) is 4.99. The average molecular weight is 395 g/mol. The lowest BCUT2D eigenvalue weighted by Gasteiger charge is -2.60. The van der Waals surface area contributed by atoms with Crippen LogP contribution in [0.2, 0.25) is 0 Å². The van der Waals surface area contributed by atoms with E-state index in [1.54, 1.807) is 12.2 Å². The summed E-state index contributed by atoms with van der Waals surface area (Å²) in [7, 11) is 0. The Hall–Kier alpha value is -0.550. The number of hydrogen-bond acceptors (Lipinski definition) is 4. The van der Waals surface area contributed by atoms with Gasteiger partial charge < -0.3 is 0 Å². The standard InChI is InChI=1S/C21H27FO2S2/c1-18-9-7-14(23)11-13(18)5-6-16-15-8-10-20(25-3,26-4)19(15,2)12-17(24)21(16,18)22/h7,9,11,15-16H,5-6,8,10,12H2,1-4H3/t15-,16-,18-,19-,21-/m0/s1. The molecule has 0 saturated heterocycles. The normalized spacial score (nSPS) is 46.4. The van der Waals surface area contributed by atoms with Crippen molar-refractivity contribution >= 4 is 35.1 Å². The molecule has 0 heterocycles. The van der Waals surface area contributed by atoms with Gasteiger partial charge in [0.2, 0.25) is 0 Å². The number of fused-ring (bicyclic) bond motifs is 5. The second-order valence-corrected chi connectivity index (χ2v) is 11.3. The third-order valence-electron chi connectivity index (χ3n) is 8.11. The maximum Gasteiger partial charge on any atom is 0.184 e. The molecule has 3 fully saturated rings. The number of carbonyl (C=O) groups excluding carboxylic acids is 2. The van der Waals surface area contributed by atoms with Crippen LogP contribution in [0.1, 0.15) is 46.0 Å². The van der Waals surface area contributed by atoms with Crippen LogP contribution in [-0.2, 0) is 9.59 Å². The van der Waals surface area contributed by atoms with Crippen LogP contribution in [-0.4, -0.2) is 33.8 Å². The van der Waals surface area contributed by atoms with Gasteiger partial charge in [0.15, 0.2) is 17.2 Å². The highest BCUT2D eigenvalue weighted by Crippen LogP contribution is 2.72. The van der Waals surface area contributed by atoms with Crippen molar-refractivity contribution in [1.82, 2.24) is 0 Å². The Labute approximate surface area is 163 Å². The molecule has 0 N–H and O–H groups in total. The summed E-state index contributed by atoms with van der Waals surface area (Å²) >= 11 is 3.69. The van der Waals surface area contributed by atoms with Crippen molar-refractivity contribution in [2.24, 2.45) is 22.7 Å². The summed E-state index contributed by atoms with van der Waals surface area (Å²) in [5.74, 6) is -0.371. The molecule has 0 aromatic carbocycles. The quantitative estimate of drug-likeness (QED) is 0.618. The van der Waals surface area contributed by atoms with Gasteiger partial charge in [-0.2, -0.15) is 0 Å². The molecule has 0 unspecified atom stereocenters. The SMILES string of the molecule is CSC1(SC)CC[C@H]2[C@@H]3CCC4=CC(=O)C=C[C@]4(C)[C@@]3(F)C(=O)C[C@@]21C. The number of thioether (sulfide) groups is 2. The molecule has 0 bridgehead atoms. The zero-order valence-electron chi connectivity index (χ0n) is 15.9. The fourth-order valence-electron chi connectivity index (χ4n) is 6.64. The zero-order valence-corrected chi connectivity index (χ0v) is 17.6. The highest BCUT2D eigenvalue weighted by Gasteiger charge is 2.73. The third kappa shape index (κ3) is 1.97. The Morgan fingerprint density at radius 1 is 1.12 bits per heavy atom. The molecule has 0 aliphatic heterocycles. The van der Waals surface area contributed by atoms with Crippen LogP contribution in [0.25, 0.3) is 0 Å². The van der Waals surface area contributed by atoms with E-state index in [-0.39, 0.29) is 32.9 Å². The van der Waals surface area contributed by atoms with Crippen molar-refractivity contribution in [1.29, 1.82) is 0 Å². The minimum absolute atomic E-state index is 0.00987. The Balaban J connectivity index is 1.83. The van der Waals surface area contributed by atoms with E-state index in [1.165, 1.54) is 6.08 Å². The first kappa shape index (κ1) is 18.8. The van der Waals surface area contributed by atoms with Crippen LogP contribution < -0.4 is 0 Å². The van der Waals surface area contributed by atoms with Gasteiger partial charge in [0.1, 0.15) is 0 Å². The Bertz CT molecular complexity index is 740. The van der Waals surface area contributed by atoms with E-state index >= 15 is 4.39 Å². The van der Waals surface area contributed by atoms with Gasteiger partial charge in [-0.05, 0) is 63.2 Å². The fraction of sp³-hybridized carbons (Fsp3) is 0.714. The van der Waals surface area contributed by atoms with Gasteiger partial charge in [-0.15, -0.1) is 23.5 Å². The largest absolute Gasteiger partial charge is 0.296 e. The van der Waals surface area contributed by atoms with E-state index < -0.39 is 11.1 Å². The number of halogens is 1. The summed E-state index contributed by atoms with van der Waals surface area (Å²) in [4.78, 5) is 25.2. The molecule has 0 aromatic rings. The van der Waals surface area contributed by atoms with Crippen molar-refractivity contribution in [2.75, 3.05) is 12.5 Å². The zero-order chi connectivity index (χ0) is 19.0. The Kier molecular flexibility index (Phi) is 4.14. The van der Waals surface area contributed by atoms with Gasteiger partial charge in [0.05, 0.1) is 4.08 Å². The van der Waals surface area contributed by atoms with Crippen molar-refractivity contribution in [3.05, 3.63) is 23.8 Å². The summed E-state index contributed by atoms with van der Waals surface area (Å²) in [6.45, 7) is 4.06. The molecule has 5 heteroatoms. The number of Topliss-reactive ketones (excluding diaryl/α,β-unsaturated/α-hetero) is 1. The second-order valence-electron chi connectivity index (χ2n) is 8.79. The number of allylic oxidation sites excluding steroid dienone is 4. The van der Waals surface area contributed by atoms with Crippen LogP contribution in [0.5, 0.6) is 0 Å². The van der Waals surface area contributed by atoms with Crippen LogP contribution in [0, 0.1) is 22.7 Å². The summed E-state index contributed by atoms with van der Waals surface area (Å²) in [5.41, 5.74) is -2.22. The minimum Gasteiger partial charge on any atom is -0.296 e. The highest BCUT2D eigenvalue weighted by atomic mass is 32.2. The molecule has 5 atom stereocenters. The highest BCUT2D eigenvalue weighted by molar-refractivity contribution is 8.17. The molecule has 26 heavy (non-hydrogen) atoms. The van der Waals surface area contributed by atoms with Gasteiger partial charge in [0, 0.05) is 23.2 Å². The number of rotatable bonds is 2. The van der Waals surface area contributed by atoms with Crippen molar-refractivity contribution in [3.8, 4) is 0 Å². The van der Waals surface area contributed by atoms with Crippen molar-refractivity contribution in [2.45, 2.75) is 55.7 Å². The van der Waals surface area contributed by atoms with Crippen LogP contribution in [0.15, 0.2) is 23.8 Å². The smallest absolute Gasteiger partial charge is 0.184 e. The summed E-state index contributed by atoms with van der Waals surface area (Å²) in [6.07, 6.45) is 12.7. The molecule has 0 radical (unpaired) electrons. The predicted molar refractivity (Wildman–Crippen MR) is 107 cm³/mol. The molecule has 2 nitrogen and oxygen atoms in total. The minimum atomic E-state index is -1.88.